The van der Waals surface area contributed by atoms with E-state index in [1.54, 1.807) is 26.1 Å². The number of esters is 1. The van der Waals surface area contributed by atoms with Crippen LogP contribution in [0.5, 0.6) is 5.75 Å². The first kappa shape index (κ1) is 35.0. The molecule has 1 saturated heterocycles. The average molecular weight is 693 g/mol. The molecular formula is C31H39F2N6O6PS. The smallest absolute Gasteiger partial charge is 0.323 e. The van der Waals surface area contributed by atoms with Gasteiger partial charge in [0.2, 0.25) is 0 Å². The number of fused-ring (bicyclic) bond motifs is 2. The molecule has 16 heteroatoms. The van der Waals surface area contributed by atoms with Gasteiger partial charge in [-0.1, -0.05) is 57.2 Å². The number of hydrogen-bond acceptors (Lipinski definition) is 11. The normalized spacial score (nSPS) is 25.1. The second kappa shape index (κ2) is 12.9. The maximum atomic E-state index is 16.6. The van der Waals surface area contributed by atoms with Gasteiger partial charge in [0.15, 0.2) is 35.0 Å². The third-order valence-corrected chi connectivity index (χ3v) is 9.97. The summed E-state index contributed by atoms with van der Waals surface area (Å²) in [5.74, 6) is -2.70. The molecule has 4 aromatic rings. The molecule has 6 atom stereocenters. The first-order valence-electron chi connectivity index (χ1n) is 15.0. The maximum Gasteiger partial charge on any atom is 0.323 e. The first-order chi connectivity index (χ1) is 22.0. The summed E-state index contributed by atoms with van der Waals surface area (Å²) in [5.41, 5.74) is -2.50. The molecule has 5 rings (SSSR count). The highest BCUT2D eigenvalue weighted by molar-refractivity contribution is 8.09. The van der Waals surface area contributed by atoms with Crippen LogP contribution in [-0.4, -0.2) is 74.5 Å². The van der Waals surface area contributed by atoms with Crippen LogP contribution in [-0.2, 0) is 30.6 Å². The predicted octanol–water partition coefficient (Wildman–Crippen LogP) is 5.50. The van der Waals surface area contributed by atoms with E-state index < -0.39 is 49.1 Å². The number of carbonyl (C=O) groups is 1. The molecule has 0 saturated carbocycles. The lowest BCUT2D eigenvalue weighted by Gasteiger charge is -2.30. The molecular weight excluding hydrogens is 653 g/mol. The number of hydrogen-bond donors (Lipinski definition) is 3. The highest BCUT2D eigenvalue weighted by Gasteiger charge is 2.65. The summed E-state index contributed by atoms with van der Waals surface area (Å²) in [4.78, 5) is 25.8. The van der Waals surface area contributed by atoms with Gasteiger partial charge >= 0.3 is 12.6 Å². The van der Waals surface area contributed by atoms with Crippen molar-refractivity contribution in [3.8, 4) is 5.75 Å². The molecule has 0 radical (unpaired) electrons. The fraction of sp³-hybridized carbons (Fsp3) is 0.484. The number of nitrogens with zero attached hydrogens (tertiary/aromatic N) is 4. The van der Waals surface area contributed by atoms with Crippen LogP contribution < -0.4 is 14.9 Å². The Labute approximate surface area is 276 Å². The number of imidazole rings is 1. The largest absolute Gasteiger partial charge is 0.464 e. The second-order valence-corrected chi connectivity index (χ2v) is 16.0. The van der Waals surface area contributed by atoms with Crippen molar-refractivity contribution in [2.45, 2.75) is 71.4 Å². The Kier molecular flexibility index (Phi) is 9.63. The minimum atomic E-state index is -3.84. The molecule has 47 heavy (non-hydrogen) atoms. The number of aliphatic hydroxyl groups excluding tert-OH is 1. The summed E-state index contributed by atoms with van der Waals surface area (Å²) >= 11 is 5.81. The number of rotatable bonds is 11. The summed E-state index contributed by atoms with van der Waals surface area (Å²) in [6.45, 7) is 5.14. The van der Waals surface area contributed by atoms with E-state index in [9.17, 15) is 9.90 Å². The predicted molar refractivity (Wildman–Crippen MR) is 177 cm³/mol. The Hall–Kier alpha value is -3.33. The minimum Gasteiger partial charge on any atom is -0.464 e. The lowest BCUT2D eigenvalue weighted by molar-refractivity contribution is -0.202. The van der Waals surface area contributed by atoms with Gasteiger partial charge < -0.3 is 28.9 Å². The van der Waals surface area contributed by atoms with E-state index in [-0.39, 0.29) is 17.7 Å². The van der Waals surface area contributed by atoms with Crippen LogP contribution in [0, 0.1) is 12.3 Å². The van der Waals surface area contributed by atoms with Crippen molar-refractivity contribution in [1.29, 1.82) is 0 Å². The summed E-state index contributed by atoms with van der Waals surface area (Å²) in [5, 5.41) is 18.3. The van der Waals surface area contributed by atoms with Gasteiger partial charge in [-0.05, 0) is 49.4 Å². The van der Waals surface area contributed by atoms with Crippen LogP contribution in [0.15, 0.2) is 48.8 Å². The fourth-order valence-electron chi connectivity index (χ4n) is 5.10. The van der Waals surface area contributed by atoms with Crippen LogP contribution in [0.2, 0.25) is 0 Å². The number of benzene rings is 2. The minimum absolute atomic E-state index is 0.138. The number of nitrogens with one attached hydrogen (secondary N) is 2. The Morgan fingerprint density at radius 3 is 2.62 bits per heavy atom. The van der Waals surface area contributed by atoms with E-state index in [2.05, 4.69) is 25.4 Å². The highest BCUT2D eigenvalue weighted by atomic mass is 32.5. The molecule has 3 N–H and O–H groups in total. The van der Waals surface area contributed by atoms with E-state index in [1.807, 2.05) is 51.1 Å². The summed E-state index contributed by atoms with van der Waals surface area (Å²) in [7, 11) is 1.64. The summed E-state index contributed by atoms with van der Waals surface area (Å²) < 4.78 is 57.3. The van der Waals surface area contributed by atoms with Crippen LogP contribution in [0.3, 0.4) is 0 Å². The second-order valence-electron chi connectivity index (χ2n) is 12.9. The van der Waals surface area contributed by atoms with Crippen LogP contribution in [0.1, 0.15) is 46.7 Å². The molecule has 0 bridgehead atoms. The van der Waals surface area contributed by atoms with E-state index in [4.69, 9.17) is 30.3 Å². The van der Waals surface area contributed by atoms with Crippen LogP contribution in [0.4, 0.5) is 14.6 Å². The molecule has 1 aliphatic heterocycles. The third-order valence-electron chi connectivity index (χ3n) is 7.51. The SMILES string of the molecule is CNc1nc(C)nc2c1ncn2[C@@H]1O[C@](F)(COP(=S)(N[C@@H](C)C(=O)OCC(C)(C)C)Oc2cccc3ccccc23)[C@@H](O)[C@@]1(C)F. The number of carbonyl (C=O) groups excluding carboxylic acids is 1. The zero-order valence-electron chi connectivity index (χ0n) is 27.2. The van der Waals surface area contributed by atoms with Gasteiger partial charge in [0.25, 0.3) is 5.85 Å². The van der Waals surface area contributed by atoms with Crippen molar-refractivity contribution in [1.82, 2.24) is 24.6 Å². The van der Waals surface area contributed by atoms with E-state index >= 15 is 8.78 Å². The van der Waals surface area contributed by atoms with E-state index in [0.717, 1.165) is 12.3 Å². The van der Waals surface area contributed by atoms with Gasteiger partial charge in [-0.2, -0.15) is 0 Å². The molecule has 1 fully saturated rings. The highest BCUT2D eigenvalue weighted by Crippen LogP contribution is 2.53. The quantitative estimate of drug-likeness (QED) is 0.135. The average Bonchev–Trinajstić information content (AvgIpc) is 3.50. The monoisotopic (exact) mass is 692 g/mol. The number of aliphatic hydroxyl groups is 1. The summed E-state index contributed by atoms with van der Waals surface area (Å²) in [6.07, 6.45) is -2.80. The third kappa shape index (κ3) is 7.25. The molecule has 2 aromatic carbocycles. The van der Waals surface area contributed by atoms with Gasteiger partial charge in [0.05, 0.1) is 12.9 Å². The summed E-state index contributed by atoms with van der Waals surface area (Å²) in [6, 6.07) is 11.6. The van der Waals surface area contributed by atoms with Gasteiger partial charge in [-0.25, -0.2) is 28.8 Å². The number of ether oxygens (including phenoxy) is 2. The molecule has 254 valence electrons. The Bertz CT molecular complexity index is 1830. The maximum absolute atomic E-state index is 16.6. The van der Waals surface area contributed by atoms with Crippen molar-refractivity contribution in [2.75, 3.05) is 25.6 Å². The topological polar surface area (TPSA) is 142 Å². The van der Waals surface area contributed by atoms with E-state index in [1.165, 1.54) is 17.8 Å². The zero-order chi connectivity index (χ0) is 34.4. The Morgan fingerprint density at radius 1 is 1.21 bits per heavy atom. The molecule has 0 spiro atoms. The number of anilines is 1. The van der Waals surface area contributed by atoms with Crippen LogP contribution in [0.25, 0.3) is 21.9 Å². The van der Waals surface area contributed by atoms with Gasteiger partial charge in [-0.3, -0.25) is 9.36 Å². The number of aromatic nitrogens is 4. The van der Waals surface area contributed by atoms with Crippen molar-refractivity contribution >= 4 is 52.2 Å². The van der Waals surface area contributed by atoms with Crippen molar-refractivity contribution < 1.29 is 37.2 Å². The number of halogens is 2. The van der Waals surface area contributed by atoms with Crippen molar-refractivity contribution in [3.05, 3.63) is 54.6 Å². The number of aryl methyl sites for hydroxylation is 1. The molecule has 0 aliphatic carbocycles. The first-order valence-corrected chi connectivity index (χ1v) is 17.6. The molecule has 2 aromatic heterocycles. The molecule has 12 nitrogen and oxygen atoms in total. The lowest BCUT2D eigenvalue weighted by atomic mass is 9.97. The molecule has 1 unspecified atom stereocenters. The molecule has 3 heterocycles. The standard InChI is InChI=1S/C31H39F2N6O6PS/c1-18(26(40)42-15-29(3,4)5)38-46(47,45-22-14-10-12-20-11-8-9-13-21(20)22)43-16-31(33)27(41)30(6,32)28(44-31)39-17-35-23-24(34-7)36-19(2)37-25(23)39/h8-14,17-18,27-28,41H,15-16H2,1-7H3,(H,38,47)(H,34,36,37)/t18-,27-,28+,30+,31+,46?/m0/s1. The molecule has 0 amide bonds. The fourth-order valence-corrected chi connectivity index (χ4v) is 7.50. The Balaban J connectivity index is 1.44. The number of alkyl halides is 2. The lowest BCUT2D eigenvalue weighted by Crippen LogP contribution is -2.47. The van der Waals surface area contributed by atoms with Crippen molar-refractivity contribution in [3.63, 3.8) is 0 Å². The van der Waals surface area contributed by atoms with Crippen LogP contribution >= 0.6 is 6.64 Å². The van der Waals surface area contributed by atoms with Crippen molar-refractivity contribution in [2.24, 2.45) is 5.41 Å². The van der Waals surface area contributed by atoms with Gasteiger partial charge in [0, 0.05) is 12.4 Å². The van der Waals surface area contributed by atoms with E-state index in [0.29, 0.717) is 28.3 Å². The van der Waals surface area contributed by atoms with Gasteiger partial charge in [0.1, 0.15) is 24.2 Å². The molecule has 1 aliphatic rings. The zero-order valence-corrected chi connectivity index (χ0v) is 28.9. The van der Waals surface area contributed by atoms with Gasteiger partial charge in [-0.15, -0.1) is 0 Å². The Morgan fingerprint density at radius 2 is 1.91 bits per heavy atom.